The molecule has 0 aliphatic carbocycles. The number of aliphatic imine (C=N–C) groups is 1. The first kappa shape index (κ1) is 23.4. The van der Waals surface area contributed by atoms with Gasteiger partial charge in [0.1, 0.15) is 11.5 Å². The second-order valence-electron chi connectivity index (χ2n) is 7.54. The van der Waals surface area contributed by atoms with Crippen LogP contribution in [0.2, 0.25) is 0 Å². The van der Waals surface area contributed by atoms with Crippen molar-refractivity contribution in [2.45, 2.75) is 31.9 Å². The lowest BCUT2D eigenvalue weighted by Crippen LogP contribution is -2.40. The van der Waals surface area contributed by atoms with Crippen LogP contribution >= 0.6 is 11.3 Å². The van der Waals surface area contributed by atoms with Gasteiger partial charge in [-0.15, -0.1) is 11.3 Å². The molecule has 2 heterocycles. The molecular formula is C23H34N4O3S. The summed E-state index contributed by atoms with van der Waals surface area (Å²) in [6.07, 6.45) is 1.78. The van der Waals surface area contributed by atoms with Crippen LogP contribution in [0.3, 0.4) is 0 Å². The Balaban J connectivity index is 1.66. The van der Waals surface area contributed by atoms with E-state index in [1.165, 1.54) is 17.7 Å². The van der Waals surface area contributed by atoms with E-state index in [0.29, 0.717) is 36.6 Å². The Morgan fingerprint density at radius 2 is 1.87 bits per heavy atom. The summed E-state index contributed by atoms with van der Waals surface area (Å²) in [5.74, 6) is 2.01. The molecule has 2 atom stereocenters. The zero-order valence-corrected chi connectivity index (χ0v) is 19.5. The van der Waals surface area contributed by atoms with Gasteiger partial charge < -0.3 is 25.2 Å². The summed E-state index contributed by atoms with van der Waals surface area (Å²) in [4.78, 5) is 8.72. The maximum absolute atomic E-state index is 10.7. The molecule has 0 saturated carbocycles. The Bertz CT molecular complexity index is 800. The molecule has 2 unspecified atom stereocenters. The minimum atomic E-state index is -0.723. The molecule has 3 rings (SSSR count). The van der Waals surface area contributed by atoms with Crippen LogP contribution in [0.4, 0.5) is 0 Å². The van der Waals surface area contributed by atoms with Gasteiger partial charge in [-0.05, 0) is 62.0 Å². The number of aliphatic hydroxyl groups is 1. The Kier molecular flexibility index (Phi) is 8.99. The highest BCUT2D eigenvalue weighted by Crippen LogP contribution is 2.29. The van der Waals surface area contributed by atoms with Crippen LogP contribution in [0, 0.1) is 0 Å². The lowest BCUT2D eigenvalue weighted by atomic mass is 10.1. The molecule has 8 heteroatoms. The highest BCUT2D eigenvalue weighted by atomic mass is 32.1. The zero-order valence-electron chi connectivity index (χ0n) is 18.6. The fourth-order valence-electron chi connectivity index (χ4n) is 3.77. The van der Waals surface area contributed by atoms with E-state index in [1.54, 1.807) is 31.6 Å². The summed E-state index contributed by atoms with van der Waals surface area (Å²) >= 11 is 1.79. The standard InChI is InChI=1S/C23H34N4O3S/c1-4-24-23(25-15-20(22-8-7-11-31-22)27-9-5-6-10-27)26-16-21(28)17-12-18(29-2)14-19(13-17)30-3/h7-8,11-14,20-21,28H,4-6,9-10,15-16H2,1-3H3,(H2,24,25,26). The molecule has 1 fully saturated rings. The number of likely N-dealkylation sites (tertiary alicyclic amines) is 1. The van der Waals surface area contributed by atoms with E-state index in [1.807, 2.05) is 19.1 Å². The van der Waals surface area contributed by atoms with Gasteiger partial charge in [-0.25, -0.2) is 0 Å². The van der Waals surface area contributed by atoms with Gasteiger partial charge in [0.05, 0.1) is 32.9 Å². The van der Waals surface area contributed by atoms with Gasteiger partial charge in [0, 0.05) is 24.0 Å². The van der Waals surface area contributed by atoms with Crippen molar-refractivity contribution in [1.82, 2.24) is 15.5 Å². The van der Waals surface area contributed by atoms with Crippen molar-refractivity contribution in [3.63, 3.8) is 0 Å². The quantitative estimate of drug-likeness (QED) is 0.384. The Labute approximate surface area is 189 Å². The Morgan fingerprint density at radius 3 is 2.45 bits per heavy atom. The van der Waals surface area contributed by atoms with Gasteiger partial charge in [0.2, 0.25) is 0 Å². The summed E-state index contributed by atoms with van der Waals surface area (Å²) in [6.45, 7) is 6.05. The lowest BCUT2D eigenvalue weighted by molar-refractivity contribution is 0.180. The highest BCUT2D eigenvalue weighted by Gasteiger charge is 2.24. The smallest absolute Gasteiger partial charge is 0.191 e. The first-order valence-electron chi connectivity index (χ1n) is 10.8. The number of ether oxygens (including phenoxy) is 2. The van der Waals surface area contributed by atoms with E-state index in [2.05, 4.69) is 33.0 Å². The summed E-state index contributed by atoms with van der Waals surface area (Å²) in [5, 5.41) is 19.4. The van der Waals surface area contributed by atoms with Crippen molar-refractivity contribution >= 4 is 17.3 Å². The molecule has 0 radical (unpaired) electrons. The number of benzene rings is 1. The average Bonchev–Trinajstić information content (AvgIpc) is 3.52. The Hall–Kier alpha value is -2.29. The van der Waals surface area contributed by atoms with Gasteiger partial charge in [-0.1, -0.05) is 6.07 Å². The van der Waals surface area contributed by atoms with Crippen LogP contribution in [-0.2, 0) is 0 Å². The van der Waals surface area contributed by atoms with Crippen LogP contribution < -0.4 is 20.1 Å². The third-order valence-corrected chi connectivity index (χ3v) is 6.41. The number of guanidine groups is 1. The molecule has 1 aromatic heterocycles. The molecule has 1 aliphatic heterocycles. The topological polar surface area (TPSA) is 78.4 Å². The van der Waals surface area contributed by atoms with Crippen molar-refractivity contribution < 1.29 is 14.6 Å². The van der Waals surface area contributed by atoms with Crippen molar-refractivity contribution in [1.29, 1.82) is 0 Å². The van der Waals surface area contributed by atoms with Crippen LogP contribution in [-0.4, -0.2) is 62.9 Å². The predicted octanol–water partition coefficient (Wildman–Crippen LogP) is 3.19. The monoisotopic (exact) mass is 446 g/mol. The zero-order chi connectivity index (χ0) is 22.1. The average molecular weight is 447 g/mol. The van der Waals surface area contributed by atoms with Crippen LogP contribution in [0.5, 0.6) is 11.5 Å². The molecular weight excluding hydrogens is 412 g/mol. The van der Waals surface area contributed by atoms with Gasteiger partial charge in [0.25, 0.3) is 0 Å². The number of hydrogen-bond donors (Lipinski definition) is 3. The number of aliphatic hydroxyl groups excluding tert-OH is 1. The molecule has 170 valence electrons. The summed E-state index contributed by atoms with van der Waals surface area (Å²) < 4.78 is 10.6. The van der Waals surface area contributed by atoms with Crippen LogP contribution in [0.15, 0.2) is 40.7 Å². The fourth-order valence-corrected chi connectivity index (χ4v) is 4.62. The van der Waals surface area contributed by atoms with Crippen molar-refractivity contribution in [3.8, 4) is 11.5 Å². The number of methoxy groups -OCH3 is 2. The predicted molar refractivity (Wildman–Crippen MR) is 126 cm³/mol. The summed E-state index contributed by atoms with van der Waals surface area (Å²) in [6, 6.07) is 10.0. The molecule has 7 nitrogen and oxygen atoms in total. The number of hydrogen-bond acceptors (Lipinski definition) is 6. The molecule has 1 aliphatic rings. The van der Waals surface area contributed by atoms with E-state index < -0.39 is 6.10 Å². The summed E-state index contributed by atoms with van der Waals surface area (Å²) in [5.41, 5.74) is 0.730. The molecule has 0 spiro atoms. The van der Waals surface area contributed by atoms with E-state index in [0.717, 1.165) is 25.2 Å². The summed E-state index contributed by atoms with van der Waals surface area (Å²) in [7, 11) is 3.20. The van der Waals surface area contributed by atoms with Gasteiger partial charge in [-0.3, -0.25) is 9.89 Å². The van der Waals surface area contributed by atoms with Crippen molar-refractivity contribution in [2.24, 2.45) is 4.99 Å². The van der Waals surface area contributed by atoms with Crippen molar-refractivity contribution in [3.05, 3.63) is 46.2 Å². The molecule has 31 heavy (non-hydrogen) atoms. The molecule has 2 aromatic rings. The minimum absolute atomic E-state index is 0.297. The highest BCUT2D eigenvalue weighted by molar-refractivity contribution is 7.10. The first-order valence-corrected chi connectivity index (χ1v) is 11.7. The number of thiophene rings is 1. The third kappa shape index (κ3) is 6.59. The molecule has 0 amide bonds. The Morgan fingerprint density at radius 1 is 1.16 bits per heavy atom. The second-order valence-corrected chi connectivity index (χ2v) is 8.52. The van der Waals surface area contributed by atoms with E-state index in [4.69, 9.17) is 14.5 Å². The number of nitrogens with one attached hydrogen (secondary N) is 2. The van der Waals surface area contributed by atoms with Crippen molar-refractivity contribution in [2.75, 3.05) is 46.9 Å². The van der Waals surface area contributed by atoms with Gasteiger partial charge >= 0.3 is 0 Å². The van der Waals surface area contributed by atoms with Gasteiger partial charge in [0.15, 0.2) is 5.96 Å². The maximum Gasteiger partial charge on any atom is 0.191 e. The SMILES string of the molecule is CCNC(=NCC(c1cccs1)N1CCCC1)NCC(O)c1cc(OC)cc(OC)c1. The van der Waals surface area contributed by atoms with E-state index >= 15 is 0 Å². The number of nitrogens with zero attached hydrogens (tertiary/aromatic N) is 2. The van der Waals surface area contributed by atoms with E-state index in [9.17, 15) is 5.11 Å². The maximum atomic E-state index is 10.7. The molecule has 0 bridgehead atoms. The molecule has 3 N–H and O–H groups in total. The number of rotatable bonds is 10. The largest absolute Gasteiger partial charge is 0.497 e. The first-order chi connectivity index (χ1) is 15.1. The third-order valence-electron chi connectivity index (χ3n) is 5.44. The van der Waals surface area contributed by atoms with Gasteiger partial charge in [-0.2, -0.15) is 0 Å². The molecule has 1 aromatic carbocycles. The van der Waals surface area contributed by atoms with Crippen LogP contribution in [0.1, 0.15) is 42.4 Å². The second kappa shape index (κ2) is 11.9. The minimum Gasteiger partial charge on any atom is -0.497 e. The lowest BCUT2D eigenvalue weighted by Gasteiger charge is -2.25. The molecule has 1 saturated heterocycles. The fraction of sp³-hybridized carbons (Fsp3) is 0.522. The normalized spacial score (nSPS) is 16.7. The van der Waals surface area contributed by atoms with E-state index in [-0.39, 0.29) is 0 Å². The van der Waals surface area contributed by atoms with Crippen LogP contribution in [0.25, 0.3) is 0 Å².